The number of nitrogens with zero attached hydrogens (tertiary/aromatic N) is 3. The van der Waals surface area contributed by atoms with Crippen molar-refractivity contribution in [1.29, 1.82) is 0 Å². The van der Waals surface area contributed by atoms with E-state index in [0.717, 1.165) is 0 Å². The minimum atomic E-state index is -0.209. The molecule has 0 unspecified atom stereocenters. The summed E-state index contributed by atoms with van der Waals surface area (Å²) in [5.74, 6) is 0. The van der Waals surface area contributed by atoms with Gasteiger partial charge in [-0.15, -0.1) is 0 Å². The highest BCUT2D eigenvalue weighted by Crippen LogP contribution is 2.06. The first-order valence-corrected chi connectivity index (χ1v) is 4.67. The Morgan fingerprint density at radius 1 is 1.69 bits per heavy atom. The lowest BCUT2D eigenvalue weighted by atomic mass is 10.2. The largest absolute Gasteiger partial charge is 0.404 e. The number of nitrogens with two attached hydrogens (primary N) is 1. The summed E-state index contributed by atoms with van der Waals surface area (Å²) in [6, 6.07) is 1.64. The summed E-state index contributed by atoms with van der Waals surface area (Å²) in [5, 5.41) is 4.00. The maximum atomic E-state index is 11.7. The molecule has 82 valence electrons. The second-order valence-corrected chi connectivity index (χ2v) is 3.17. The van der Waals surface area contributed by atoms with Crippen molar-refractivity contribution in [3.63, 3.8) is 0 Å². The van der Waals surface area contributed by atoms with Crippen LogP contribution in [-0.4, -0.2) is 27.9 Å². The van der Waals surface area contributed by atoms with Gasteiger partial charge >= 0.3 is 0 Å². The minimum absolute atomic E-state index is 0.209. The number of H-pyrrole nitrogens is 1. The molecule has 0 amide bonds. The molecule has 0 radical (unpaired) electrons. The topological polar surface area (TPSA) is 88.5 Å². The van der Waals surface area contributed by atoms with Crippen LogP contribution in [0, 0.1) is 0 Å². The van der Waals surface area contributed by atoms with Gasteiger partial charge in [0.05, 0.1) is 18.1 Å². The number of rotatable bonds is 2. The molecule has 3 N–H and O–H groups in total. The predicted molar refractivity (Wildman–Crippen MR) is 62.4 cm³/mol. The zero-order valence-electron chi connectivity index (χ0n) is 8.71. The molecular formula is C10H11N5O. The van der Waals surface area contributed by atoms with Crippen LogP contribution in [0.4, 0.5) is 0 Å². The Balaban J connectivity index is 2.66. The van der Waals surface area contributed by atoms with Gasteiger partial charge in [0.25, 0.3) is 5.56 Å². The van der Waals surface area contributed by atoms with E-state index in [1.807, 2.05) is 0 Å². The lowest BCUT2D eigenvalue weighted by Gasteiger charge is -2.01. The third-order valence-electron chi connectivity index (χ3n) is 2.16. The van der Waals surface area contributed by atoms with E-state index in [2.05, 4.69) is 15.1 Å². The van der Waals surface area contributed by atoms with Crippen LogP contribution in [-0.2, 0) is 0 Å². The molecule has 16 heavy (non-hydrogen) atoms. The van der Waals surface area contributed by atoms with Crippen molar-refractivity contribution in [3.8, 4) is 0 Å². The first-order chi connectivity index (χ1) is 7.76. The van der Waals surface area contributed by atoms with Crippen LogP contribution in [0.2, 0.25) is 0 Å². The Morgan fingerprint density at radius 2 is 2.50 bits per heavy atom. The quantitative estimate of drug-likeness (QED) is 0.695. The van der Waals surface area contributed by atoms with Crippen molar-refractivity contribution < 1.29 is 0 Å². The number of fused-ring (bicyclic) bond motifs is 1. The van der Waals surface area contributed by atoms with Crippen LogP contribution in [0.15, 0.2) is 34.4 Å². The molecular weight excluding hydrogens is 206 g/mol. The van der Waals surface area contributed by atoms with E-state index in [1.165, 1.54) is 10.7 Å². The maximum absolute atomic E-state index is 11.7. The van der Waals surface area contributed by atoms with Crippen molar-refractivity contribution in [2.75, 3.05) is 7.05 Å². The van der Waals surface area contributed by atoms with Gasteiger partial charge in [-0.25, -0.2) is 4.52 Å². The molecule has 0 fully saturated rings. The van der Waals surface area contributed by atoms with E-state index < -0.39 is 0 Å². The van der Waals surface area contributed by atoms with Gasteiger partial charge in [0.2, 0.25) is 0 Å². The molecule has 0 aliphatic rings. The molecule has 2 rings (SSSR count). The smallest absolute Gasteiger partial charge is 0.274 e. The Labute approximate surface area is 91.1 Å². The molecule has 0 aromatic carbocycles. The maximum Gasteiger partial charge on any atom is 0.274 e. The van der Waals surface area contributed by atoms with Crippen molar-refractivity contribution in [2.24, 2.45) is 10.7 Å². The molecule has 6 heteroatoms. The molecule has 2 heterocycles. The number of hydrogen-bond acceptors (Lipinski definition) is 4. The number of hydrogen-bond donors (Lipinski definition) is 2. The second-order valence-electron chi connectivity index (χ2n) is 3.17. The lowest BCUT2D eigenvalue weighted by molar-refractivity contribution is 0.929. The predicted octanol–water partition coefficient (Wildman–Crippen LogP) is 0.0228. The molecule has 6 nitrogen and oxygen atoms in total. The Bertz CT molecular complexity index is 619. The average molecular weight is 217 g/mol. The van der Waals surface area contributed by atoms with E-state index in [1.54, 1.807) is 31.7 Å². The van der Waals surface area contributed by atoms with E-state index in [9.17, 15) is 4.79 Å². The standard InChI is InChI=1S/C10H11N5O/c1-12-5-7(4-11)8-6-15-9(2-3-13-15)10(16)14-8/h2-6H,11H2,1H3,(H,14,16)/b7-4+,12-5?. The fourth-order valence-corrected chi connectivity index (χ4v) is 1.43. The molecule has 2 aromatic heterocycles. The van der Waals surface area contributed by atoms with E-state index in [4.69, 9.17) is 5.73 Å². The van der Waals surface area contributed by atoms with Crippen LogP contribution in [0.25, 0.3) is 11.1 Å². The molecule has 0 bridgehead atoms. The molecule has 0 aliphatic carbocycles. The Hall–Kier alpha value is -2.37. The van der Waals surface area contributed by atoms with Gasteiger partial charge in [-0.2, -0.15) is 5.10 Å². The summed E-state index contributed by atoms with van der Waals surface area (Å²) in [5.41, 5.74) is 6.95. The number of aliphatic imine (C=N–C) groups is 1. The summed E-state index contributed by atoms with van der Waals surface area (Å²) in [6.45, 7) is 0. The monoisotopic (exact) mass is 217 g/mol. The van der Waals surface area contributed by atoms with Gasteiger partial charge < -0.3 is 10.7 Å². The normalized spacial score (nSPS) is 12.7. The van der Waals surface area contributed by atoms with Crippen LogP contribution < -0.4 is 11.3 Å². The molecule has 2 aromatic rings. The molecule has 0 saturated carbocycles. The second kappa shape index (κ2) is 4.01. The molecule has 0 atom stereocenters. The first kappa shape index (κ1) is 10.2. The summed E-state index contributed by atoms with van der Waals surface area (Å²) in [6.07, 6.45) is 6.21. The Kier molecular flexibility index (Phi) is 2.55. The number of allylic oxidation sites excluding steroid dienone is 1. The fraction of sp³-hybridized carbons (Fsp3) is 0.100. The lowest BCUT2D eigenvalue weighted by Crippen LogP contribution is -2.13. The van der Waals surface area contributed by atoms with Crippen LogP contribution in [0.1, 0.15) is 5.69 Å². The molecule has 0 spiro atoms. The van der Waals surface area contributed by atoms with Gasteiger partial charge in [-0.1, -0.05) is 0 Å². The average Bonchev–Trinajstić information content (AvgIpc) is 2.74. The number of aromatic amines is 1. The highest BCUT2D eigenvalue weighted by atomic mass is 16.1. The van der Waals surface area contributed by atoms with Gasteiger partial charge in [0, 0.05) is 25.0 Å². The molecule has 0 saturated heterocycles. The van der Waals surface area contributed by atoms with Crippen LogP contribution in [0.5, 0.6) is 0 Å². The number of nitrogens with one attached hydrogen (secondary N) is 1. The van der Waals surface area contributed by atoms with Crippen molar-refractivity contribution in [3.05, 3.63) is 40.7 Å². The minimum Gasteiger partial charge on any atom is -0.404 e. The Morgan fingerprint density at radius 3 is 3.19 bits per heavy atom. The van der Waals surface area contributed by atoms with Gasteiger partial charge in [-0.05, 0) is 6.07 Å². The van der Waals surface area contributed by atoms with Crippen molar-refractivity contribution in [2.45, 2.75) is 0 Å². The van der Waals surface area contributed by atoms with E-state index in [-0.39, 0.29) is 5.56 Å². The van der Waals surface area contributed by atoms with E-state index in [0.29, 0.717) is 16.8 Å². The first-order valence-electron chi connectivity index (χ1n) is 4.67. The summed E-state index contributed by atoms with van der Waals surface area (Å²) >= 11 is 0. The van der Waals surface area contributed by atoms with Gasteiger partial charge in [0.15, 0.2) is 0 Å². The number of aromatic nitrogens is 3. The summed E-state index contributed by atoms with van der Waals surface area (Å²) in [7, 11) is 1.63. The SMILES string of the molecule is CN=C/C(=C\N)c1cn2nccc2c(=O)[nH]1. The zero-order valence-corrected chi connectivity index (χ0v) is 8.71. The van der Waals surface area contributed by atoms with Gasteiger partial charge in [0.1, 0.15) is 5.52 Å². The van der Waals surface area contributed by atoms with Crippen molar-refractivity contribution >= 4 is 17.3 Å². The zero-order chi connectivity index (χ0) is 11.5. The van der Waals surface area contributed by atoms with E-state index >= 15 is 0 Å². The highest BCUT2D eigenvalue weighted by Gasteiger charge is 2.04. The third-order valence-corrected chi connectivity index (χ3v) is 2.16. The van der Waals surface area contributed by atoms with Crippen molar-refractivity contribution in [1.82, 2.24) is 14.6 Å². The third kappa shape index (κ3) is 1.60. The molecule has 0 aliphatic heterocycles. The fourth-order valence-electron chi connectivity index (χ4n) is 1.43. The summed E-state index contributed by atoms with van der Waals surface area (Å²) < 4.78 is 1.50. The summed E-state index contributed by atoms with van der Waals surface area (Å²) in [4.78, 5) is 18.2. The van der Waals surface area contributed by atoms with Gasteiger partial charge in [-0.3, -0.25) is 9.79 Å². The van der Waals surface area contributed by atoms with Crippen LogP contribution in [0.3, 0.4) is 0 Å². The highest BCUT2D eigenvalue weighted by molar-refractivity contribution is 6.08. The van der Waals surface area contributed by atoms with Crippen LogP contribution >= 0.6 is 0 Å².